The lowest BCUT2D eigenvalue weighted by atomic mass is 9.79. The molecule has 1 rings (SSSR count). The zero-order valence-electron chi connectivity index (χ0n) is 7.83. The van der Waals surface area contributed by atoms with Crippen LogP contribution in [0, 0.1) is 0 Å². The average molecular weight is 199 g/mol. The summed E-state index contributed by atoms with van der Waals surface area (Å²) in [7, 11) is 0. The zero-order valence-corrected chi connectivity index (χ0v) is 7.83. The quantitative estimate of drug-likeness (QED) is 0.198. The van der Waals surface area contributed by atoms with Gasteiger partial charge in [-0.05, 0) is 11.8 Å². The van der Waals surface area contributed by atoms with E-state index in [2.05, 4.69) is 0 Å². The first-order valence-electron chi connectivity index (χ1n) is 4.06. The lowest BCUT2D eigenvalue weighted by molar-refractivity contribution is 0.254. The maximum Gasteiger partial charge on any atom is 0.139 e. The highest BCUT2D eigenvalue weighted by molar-refractivity contribution is 5.43. The summed E-state index contributed by atoms with van der Waals surface area (Å²) in [6, 6.07) is 0. The van der Waals surface area contributed by atoms with Crippen molar-refractivity contribution in [3.8, 4) is 0 Å². The fourth-order valence-electron chi connectivity index (χ4n) is 1.35. The van der Waals surface area contributed by atoms with Crippen molar-refractivity contribution >= 4 is 0 Å². The van der Waals surface area contributed by atoms with Crippen LogP contribution in [-0.4, -0.2) is 11.3 Å². The monoisotopic (exact) mass is 199 g/mol. The molecule has 0 heterocycles. The smallest absolute Gasteiger partial charge is 0.139 e. The van der Waals surface area contributed by atoms with Gasteiger partial charge < -0.3 is 40.1 Å². The molecule has 0 saturated heterocycles. The molecule has 0 bridgehead atoms. The first-order valence-corrected chi connectivity index (χ1v) is 4.06. The molecule has 0 unspecified atom stereocenters. The Bertz CT molecular complexity index is 312. The molecule has 0 saturated carbocycles. The fourth-order valence-corrected chi connectivity index (χ4v) is 1.35. The molecule has 1 aliphatic carbocycles. The third-order valence-electron chi connectivity index (χ3n) is 2.54. The van der Waals surface area contributed by atoms with Crippen LogP contribution in [0.2, 0.25) is 0 Å². The van der Waals surface area contributed by atoms with E-state index >= 15 is 0 Å². The van der Waals surface area contributed by atoms with Crippen LogP contribution in [0.15, 0.2) is 23.2 Å². The molecular weight excluding hydrogens is 182 g/mol. The molecule has 14 N–H and O–H groups in total. The lowest BCUT2D eigenvalue weighted by Gasteiger charge is -2.45. The molecule has 0 aromatic carbocycles. The molecule has 0 amide bonds. The van der Waals surface area contributed by atoms with Crippen molar-refractivity contribution in [3.05, 3.63) is 23.2 Å². The van der Waals surface area contributed by atoms with Crippen molar-refractivity contribution < 1.29 is 0 Å². The molecule has 0 aromatic rings. The average Bonchev–Trinajstić information content (AvgIpc) is 2.09. The normalized spacial score (nSPS) is 28.1. The largest absolute Gasteiger partial charge is 0.404 e. The Labute approximate surface area is 81.9 Å². The first kappa shape index (κ1) is 10.8. The van der Waals surface area contributed by atoms with Gasteiger partial charge in [-0.2, -0.15) is 0 Å². The van der Waals surface area contributed by atoms with Gasteiger partial charge in [0.25, 0.3) is 0 Å². The molecular formula is C7H17N7. The zero-order chi connectivity index (χ0) is 11.1. The van der Waals surface area contributed by atoms with Gasteiger partial charge in [-0.25, -0.2) is 0 Å². The van der Waals surface area contributed by atoms with E-state index in [0.717, 1.165) is 0 Å². The van der Waals surface area contributed by atoms with E-state index in [1.165, 1.54) is 6.20 Å². The second kappa shape index (κ2) is 2.85. The van der Waals surface area contributed by atoms with Crippen LogP contribution in [0.3, 0.4) is 0 Å². The van der Waals surface area contributed by atoms with Crippen LogP contribution in [0.4, 0.5) is 0 Å². The SMILES string of the molecule is NC=C1CC(N)(N)C(N)(N)C(N)=C1N. The second-order valence-corrected chi connectivity index (χ2v) is 3.61. The minimum atomic E-state index is -1.52. The summed E-state index contributed by atoms with van der Waals surface area (Å²) in [5.74, 6) is 0. The fraction of sp³-hybridized carbons (Fsp3) is 0.429. The summed E-state index contributed by atoms with van der Waals surface area (Å²) in [6.45, 7) is 0. The standard InChI is InChI=1S/C7H17N7/c8-2-3-1-6(11,12)7(13,14)5(10)4(3)9/h2H,1,8-14H2. The van der Waals surface area contributed by atoms with Crippen molar-refractivity contribution in [1.82, 2.24) is 0 Å². The lowest BCUT2D eigenvalue weighted by Crippen LogP contribution is -2.79. The summed E-state index contributed by atoms with van der Waals surface area (Å²) in [4.78, 5) is 0. The maximum atomic E-state index is 5.74. The highest BCUT2D eigenvalue weighted by atomic mass is 15.2. The topological polar surface area (TPSA) is 182 Å². The molecule has 1 aliphatic rings. The Balaban J connectivity index is 3.33. The minimum absolute atomic E-state index is 0.0606. The van der Waals surface area contributed by atoms with Gasteiger partial charge in [0.1, 0.15) is 11.3 Å². The Morgan fingerprint density at radius 2 is 1.57 bits per heavy atom. The number of hydrogen-bond donors (Lipinski definition) is 7. The van der Waals surface area contributed by atoms with E-state index < -0.39 is 11.3 Å². The number of hydrogen-bond acceptors (Lipinski definition) is 7. The van der Waals surface area contributed by atoms with E-state index in [1.807, 2.05) is 0 Å². The van der Waals surface area contributed by atoms with Crippen LogP contribution < -0.4 is 40.1 Å². The van der Waals surface area contributed by atoms with E-state index in [-0.39, 0.29) is 17.8 Å². The van der Waals surface area contributed by atoms with E-state index in [4.69, 9.17) is 40.1 Å². The molecule has 0 atom stereocenters. The summed E-state index contributed by atoms with van der Waals surface area (Å²) < 4.78 is 0. The Morgan fingerprint density at radius 1 is 1.07 bits per heavy atom. The van der Waals surface area contributed by atoms with Gasteiger partial charge in [-0.1, -0.05) is 0 Å². The van der Waals surface area contributed by atoms with Crippen LogP contribution >= 0.6 is 0 Å². The molecule has 7 nitrogen and oxygen atoms in total. The molecule has 14 heavy (non-hydrogen) atoms. The Hall–Kier alpha value is -1.28. The molecule has 0 aromatic heterocycles. The molecule has 0 fully saturated rings. The maximum absolute atomic E-state index is 5.74. The summed E-state index contributed by atoms with van der Waals surface area (Å²) in [6.07, 6.45) is 1.48. The van der Waals surface area contributed by atoms with Crippen LogP contribution in [0.25, 0.3) is 0 Å². The number of nitrogens with two attached hydrogens (primary N) is 7. The Morgan fingerprint density at radius 3 is 2.00 bits per heavy atom. The van der Waals surface area contributed by atoms with Crippen molar-refractivity contribution in [2.45, 2.75) is 17.7 Å². The molecule has 0 spiro atoms. The van der Waals surface area contributed by atoms with Crippen molar-refractivity contribution in [2.24, 2.45) is 40.1 Å². The summed E-state index contributed by atoms with van der Waals surface area (Å²) in [5, 5.41) is 0. The van der Waals surface area contributed by atoms with Crippen molar-refractivity contribution in [3.63, 3.8) is 0 Å². The number of allylic oxidation sites excluding steroid dienone is 1. The third-order valence-corrected chi connectivity index (χ3v) is 2.54. The van der Waals surface area contributed by atoms with Gasteiger partial charge >= 0.3 is 0 Å². The van der Waals surface area contributed by atoms with Gasteiger partial charge in [-0.15, -0.1) is 0 Å². The summed E-state index contributed by atoms with van der Waals surface area (Å²) >= 11 is 0. The van der Waals surface area contributed by atoms with E-state index in [1.54, 1.807) is 0 Å². The highest BCUT2D eigenvalue weighted by Gasteiger charge is 2.47. The summed E-state index contributed by atoms with van der Waals surface area (Å²) in [5.41, 5.74) is 37.5. The van der Waals surface area contributed by atoms with Crippen LogP contribution in [0.5, 0.6) is 0 Å². The predicted octanol–water partition coefficient (Wildman–Crippen LogP) is -3.41. The van der Waals surface area contributed by atoms with Gasteiger partial charge in [0.05, 0.1) is 11.4 Å². The predicted molar refractivity (Wildman–Crippen MR) is 54.5 cm³/mol. The van der Waals surface area contributed by atoms with Gasteiger partial charge in [0, 0.05) is 6.42 Å². The second-order valence-electron chi connectivity index (χ2n) is 3.61. The van der Waals surface area contributed by atoms with Gasteiger partial charge in [0.2, 0.25) is 0 Å². The molecule has 80 valence electrons. The van der Waals surface area contributed by atoms with Gasteiger partial charge in [-0.3, -0.25) is 0 Å². The van der Waals surface area contributed by atoms with Crippen LogP contribution in [0.1, 0.15) is 6.42 Å². The van der Waals surface area contributed by atoms with E-state index in [0.29, 0.717) is 5.57 Å². The molecule has 0 aliphatic heterocycles. The van der Waals surface area contributed by atoms with Crippen molar-refractivity contribution in [1.29, 1.82) is 0 Å². The third kappa shape index (κ3) is 1.23. The van der Waals surface area contributed by atoms with Crippen molar-refractivity contribution in [2.75, 3.05) is 0 Å². The molecule has 7 heteroatoms. The van der Waals surface area contributed by atoms with Crippen LogP contribution in [-0.2, 0) is 0 Å². The Kier molecular flexibility index (Phi) is 2.20. The van der Waals surface area contributed by atoms with E-state index in [9.17, 15) is 0 Å². The van der Waals surface area contributed by atoms with Gasteiger partial charge in [0.15, 0.2) is 0 Å². The minimum Gasteiger partial charge on any atom is -0.404 e. The first-order chi connectivity index (χ1) is 6.24. The number of rotatable bonds is 0. The molecule has 0 radical (unpaired) electrons. The highest BCUT2D eigenvalue weighted by Crippen LogP contribution is 2.30.